The largest absolute Gasteiger partial charge is 0.0848 e. The summed E-state index contributed by atoms with van der Waals surface area (Å²) < 4.78 is 0. The first kappa shape index (κ1) is 10.6. The molecule has 4 aliphatic carbocycles. The SMILES string of the molecule is C1=CC2C3CCCC3CCC2C2CCCCC12. The first-order chi connectivity index (χ1) is 8.43. The average Bonchev–Trinajstić information content (AvgIpc) is 2.86. The molecule has 0 N–H and O–H groups in total. The minimum absolute atomic E-state index is 0.975. The van der Waals surface area contributed by atoms with Crippen LogP contribution in [0.4, 0.5) is 0 Å². The van der Waals surface area contributed by atoms with Crippen molar-refractivity contribution in [2.24, 2.45) is 35.5 Å². The highest BCUT2D eigenvalue weighted by atomic mass is 14.5. The van der Waals surface area contributed by atoms with Gasteiger partial charge in [0.2, 0.25) is 0 Å². The fourth-order valence-corrected chi connectivity index (χ4v) is 5.86. The Balaban J connectivity index is 1.62. The molecule has 0 aromatic heterocycles. The van der Waals surface area contributed by atoms with Crippen LogP contribution in [-0.2, 0) is 0 Å². The van der Waals surface area contributed by atoms with Gasteiger partial charge in [-0.05, 0) is 67.6 Å². The summed E-state index contributed by atoms with van der Waals surface area (Å²) in [6.45, 7) is 0. The summed E-state index contributed by atoms with van der Waals surface area (Å²) in [5, 5.41) is 0. The molecule has 4 rings (SSSR count). The van der Waals surface area contributed by atoms with E-state index >= 15 is 0 Å². The molecule has 0 nitrogen and oxygen atoms in total. The number of allylic oxidation sites excluding steroid dienone is 2. The Morgan fingerprint density at radius 3 is 2.47 bits per heavy atom. The molecule has 0 aromatic rings. The number of rotatable bonds is 0. The Labute approximate surface area is 106 Å². The van der Waals surface area contributed by atoms with Gasteiger partial charge >= 0.3 is 0 Å². The third-order valence-corrected chi connectivity index (χ3v) is 6.58. The lowest BCUT2D eigenvalue weighted by molar-refractivity contribution is 0.0518. The average molecular weight is 230 g/mol. The second-order valence-electron chi connectivity index (χ2n) is 7.17. The summed E-state index contributed by atoms with van der Waals surface area (Å²) in [6.07, 6.45) is 19.2. The fraction of sp³-hybridized carbons (Fsp3) is 0.882. The van der Waals surface area contributed by atoms with Gasteiger partial charge in [-0.15, -0.1) is 0 Å². The quantitative estimate of drug-likeness (QED) is 0.524. The van der Waals surface area contributed by atoms with Crippen LogP contribution in [0.3, 0.4) is 0 Å². The normalized spacial score (nSPS) is 52.7. The van der Waals surface area contributed by atoms with Crippen LogP contribution in [0, 0.1) is 35.5 Å². The van der Waals surface area contributed by atoms with Gasteiger partial charge in [0, 0.05) is 0 Å². The lowest BCUT2D eigenvalue weighted by Crippen LogP contribution is -2.40. The topological polar surface area (TPSA) is 0 Å². The molecule has 17 heavy (non-hydrogen) atoms. The highest BCUT2D eigenvalue weighted by molar-refractivity contribution is 5.10. The standard InChI is InChI=1S/C17H26/c1-2-6-14-12(4-1)8-10-17-15-7-3-5-13(15)9-11-16(14)17/h8,10,12-17H,1-7,9,11H2. The van der Waals surface area contributed by atoms with Crippen LogP contribution in [-0.4, -0.2) is 0 Å². The van der Waals surface area contributed by atoms with E-state index in [1.807, 2.05) is 0 Å². The Hall–Kier alpha value is -0.260. The molecule has 6 atom stereocenters. The Morgan fingerprint density at radius 2 is 1.47 bits per heavy atom. The molecule has 0 aliphatic heterocycles. The van der Waals surface area contributed by atoms with Crippen molar-refractivity contribution < 1.29 is 0 Å². The van der Waals surface area contributed by atoms with E-state index in [0.717, 1.165) is 35.5 Å². The maximum absolute atomic E-state index is 2.68. The smallest absolute Gasteiger partial charge is 0.0171 e. The van der Waals surface area contributed by atoms with Crippen molar-refractivity contribution in [3.8, 4) is 0 Å². The third kappa shape index (κ3) is 1.63. The van der Waals surface area contributed by atoms with E-state index in [1.54, 1.807) is 32.1 Å². The van der Waals surface area contributed by atoms with Crippen molar-refractivity contribution in [2.45, 2.75) is 57.8 Å². The molecular formula is C17H26. The minimum atomic E-state index is 0.975. The zero-order chi connectivity index (χ0) is 11.2. The summed E-state index contributed by atoms with van der Waals surface area (Å²) in [5.74, 6) is 6.34. The third-order valence-electron chi connectivity index (χ3n) is 6.58. The monoisotopic (exact) mass is 230 g/mol. The molecule has 0 amide bonds. The lowest BCUT2D eigenvalue weighted by Gasteiger charge is -2.48. The number of hydrogen-bond donors (Lipinski definition) is 0. The van der Waals surface area contributed by atoms with Crippen molar-refractivity contribution in [1.29, 1.82) is 0 Å². The van der Waals surface area contributed by atoms with Crippen molar-refractivity contribution in [2.75, 3.05) is 0 Å². The molecule has 0 bridgehead atoms. The molecule has 0 heteroatoms. The van der Waals surface area contributed by atoms with Gasteiger partial charge in [-0.2, -0.15) is 0 Å². The predicted molar refractivity (Wildman–Crippen MR) is 71.6 cm³/mol. The maximum atomic E-state index is 2.68. The first-order valence-electron chi connectivity index (χ1n) is 8.12. The predicted octanol–water partition coefficient (Wildman–Crippen LogP) is 4.81. The van der Waals surface area contributed by atoms with E-state index in [0.29, 0.717) is 0 Å². The molecule has 4 aliphatic rings. The summed E-state index contributed by atoms with van der Waals surface area (Å²) in [7, 11) is 0. The molecule has 3 saturated carbocycles. The Bertz CT molecular complexity index is 316. The van der Waals surface area contributed by atoms with Gasteiger partial charge in [0.05, 0.1) is 0 Å². The zero-order valence-corrected chi connectivity index (χ0v) is 11.0. The van der Waals surface area contributed by atoms with Crippen molar-refractivity contribution in [3.63, 3.8) is 0 Å². The van der Waals surface area contributed by atoms with Crippen molar-refractivity contribution in [1.82, 2.24) is 0 Å². The summed E-state index contributed by atoms with van der Waals surface area (Å²) in [4.78, 5) is 0. The van der Waals surface area contributed by atoms with E-state index in [2.05, 4.69) is 12.2 Å². The van der Waals surface area contributed by atoms with Crippen LogP contribution in [0.25, 0.3) is 0 Å². The number of fused-ring (bicyclic) bond motifs is 5. The minimum Gasteiger partial charge on any atom is -0.0848 e. The van der Waals surface area contributed by atoms with E-state index in [-0.39, 0.29) is 0 Å². The van der Waals surface area contributed by atoms with Crippen LogP contribution >= 0.6 is 0 Å². The molecule has 0 saturated heterocycles. The molecule has 3 fully saturated rings. The van der Waals surface area contributed by atoms with Gasteiger partial charge in [-0.1, -0.05) is 37.8 Å². The lowest BCUT2D eigenvalue weighted by atomic mass is 9.56. The van der Waals surface area contributed by atoms with Crippen molar-refractivity contribution >= 4 is 0 Å². The van der Waals surface area contributed by atoms with Crippen LogP contribution in [0.5, 0.6) is 0 Å². The first-order valence-corrected chi connectivity index (χ1v) is 8.12. The van der Waals surface area contributed by atoms with Crippen LogP contribution in [0.2, 0.25) is 0 Å². The van der Waals surface area contributed by atoms with Gasteiger partial charge in [0.15, 0.2) is 0 Å². The highest BCUT2D eigenvalue weighted by Crippen LogP contribution is 2.55. The second-order valence-corrected chi connectivity index (χ2v) is 7.17. The van der Waals surface area contributed by atoms with Crippen LogP contribution in [0.1, 0.15) is 57.8 Å². The highest BCUT2D eigenvalue weighted by Gasteiger charge is 2.46. The van der Waals surface area contributed by atoms with Gasteiger partial charge < -0.3 is 0 Å². The Kier molecular flexibility index (Phi) is 2.59. The molecule has 0 spiro atoms. The molecule has 0 aromatic carbocycles. The van der Waals surface area contributed by atoms with Crippen LogP contribution in [0.15, 0.2) is 12.2 Å². The van der Waals surface area contributed by atoms with Gasteiger partial charge in [0.1, 0.15) is 0 Å². The second kappa shape index (κ2) is 4.14. The summed E-state index contributed by atoms with van der Waals surface area (Å²) in [5.41, 5.74) is 0. The van der Waals surface area contributed by atoms with E-state index < -0.39 is 0 Å². The number of hydrogen-bond acceptors (Lipinski definition) is 0. The van der Waals surface area contributed by atoms with E-state index in [4.69, 9.17) is 0 Å². The molecule has 94 valence electrons. The van der Waals surface area contributed by atoms with E-state index in [1.165, 1.54) is 25.7 Å². The summed E-state index contributed by atoms with van der Waals surface area (Å²) in [6, 6.07) is 0. The van der Waals surface area contributed by atoms with E-state index in [9.17, 15) is 0 Å². The van der Waals surface area contributed by atoms with Crippen molar-refractivity contribution in [3.05, 3.63) is 12.2 Å². The van der Waals surface area contributed by atoms with Gasteiger partial charge in [0.25, 0.3) is 0 Å². The fourth-order valence-electron chi connectivity index (χ4n) is 5.86. The molecule has 6 unspecified atom stereocenters. The summed E-state index contributed by atoms with van der Waals surface area (Å²) >= 11 is 0. The Morgan fingerprint density at radius 1 is 0.588 bits per heavy atom. The zero-order valence-electron chi connectivity index (χ0n) is 11.0. The maximum Gasteiger partial charge on any atom is -0.0171 e. The molecule has 0 radical (unpaired) electrons. The molecule has 0 heterocycles. The van der Waals surface area contributed by atoms with Crippen LogP contribution < -0.4 is 0 Å². The van der Waals surface area contributed by atoms with Gasteiger partial charge in [-0.25, -0.2) is 0 Å². The van der Waals surface area contributed by atoms with Gasteiger partial charge in [-0.3, -0.25) is 0 Å². The molecular weight excluding hydrogens is 204 g/mol.